The van der Waals surface area contributed by atoms with Crippen LogP contribution >= 0.6 is 19.6 Å². The molecule has 0 nitrogen and oxygen atoms in total. The van der Waals surface area contributed by atoms with Crippen LogP contribution in [0.3, 0.4) is 0 Å². The Morgan fingerprint density at radius 1 is 1.80 bits per heavy atom. The number of hydrogen-bond donors (Lipinski definition) is 0. The van der Waals surface area contributed by atoms with Gasteiger partial charge in [-0.25, -0.2) is 0 Å². The van der Waals surface area contributed by atoms with Crippen molar-refractivity contribution in [1.82, 2.24) is 0 Å². The first-order valence-electron chi connectivity index (χ1n) is 0.908. The van der Waals surface area contributed by atoms with Crippen molar-refractivity contribution in [1.29, 1.82) is 0 Å². The Hall–Kier alpha value is 1.82. The molecule has 0 aliphatic rings. The van der Waals surface area contributed by atoms with Crippen LogP contribution in [0, 0.1) is 0 Å². The fourth-order valence-corrected chi connectivity index (χ4v) is 0. The van der Waals surface area contributed by atoms with Crippen molar-refractivity contribution in [3.63, 3.8) is 0 Å². The van der Waals surface area contributed by atoms with Crippen molar-refractivity contribution in [2.24, 2.45) is 0 Å². The zero-order valence-corrected chi connectivity index (χ0v) is 9.21. The van der Waals surface area contributed by atoms with Crippen molar-refractivity contribution in [2.75, 3.05) is 0 Å². The first-order valence-corrected chi connectivity index (χ1v) is 18.5. The van der Waals surface area contributed by atoms with Crippen LogP contribution in [0.15, 0.2) is 0 Å². The maximum absolute atomic E-state index is 4.93. The van der Waals surface area contributed by atoms with Crippen LogP contribution in [0.2, 0.25) is 5.31 Å². The van der Waals surface area contributed by atoms with Gasteiger partial charge in [-0.3, -0.25) is 0 Å². The third-order valence-corrected chi connectivity index (χ3v) is 22.0. The van der Waals surface area contributed by atoms with Gasteiger partial charge >= 0.3 is 51.2 Å². The fourth-order valence-electron chi connectivity index (χ4n) is 0. The standard InChI is InChI=1S/CH3.Mo.2S.W/h1H3;;;;. The Kier molecular flexibility index (Phi) is 5.44. The first-order chi connectivity index (χ1) is 2.27. The van der Waals surface area contributed by atoms with Crippen LogP contribution in [-0.4, -0.2) is 0 Å². The third kappa shape index (κ3) is 5.82. The summed E-state index contributed by atoms with van der Waals surface area (Å²) in [4.78, 5) is 0. The van der Waals surface area contributed by atoms with Gasteiger partial charge in [0.1, 0.15) is 0 Å². The van der Waals surface area contributed by atoms with Gasteiger partial charge in [-0.1, -0.05) is 0 Å². The second-order valence-corrected chi connectivity index (χ2v) is 31.9. The van der Waals surface area contributed by atoms with Gasteiger partial charge in [0.25, 0.3) is 0 Å². The van der Waals surface area contributed by atoms with E-state index in [1.165, 1.54) is 0 Å². The van der Waals surface area contributed by atoms with Gasteiger partial charge in [-0.15, -0.1) is 0 Å². The Bertz CT molecular complexity index is 60.7. The summed E-state index contributed by atoms with van der Waals surface area (Å²) in [6, 6.07) is 0. The molecule has 5 heavy (non-hydrogen) atoms. The molecule has 0 radical (unpaired) electrons. The van der Waals surface area contributed by atoms with Gasteiger partial charge in [0.15, 0.2) is 0 Å². The van der Waals surface area contributed by atoms with Crippen LogP contribution in [0.4, 0.5) is 0 Å². The van der Waals surface area contributed by atoms with E-state index in [1.807, 2.05) is 0 Å². The molecule has 0 aliphatic carbocycles. The Balaban J connectivity index is 3.20. The number of hydrogen-bond acceptors (Lipinski definition) is 2. The molecule has 0 aliphatic heterocycles. The van der Waals surface area contributed by atoms with Crippen LogP contribution in [0.5, 0.6) is 0 Å². The van der Waals surface area contributed by atoms with E-state index >= 15 is 0 Å². The molecule has 0 spiro atoms. The summed E-state index contributed by atoms with van der Waals surface area (Å²) >= 11 is -1.03. The van der Waals surface area contributed by atoms with Crippen LogP contribution < -0.4 is 0 Å². The number of rotatable bonds is 1. The van der Waals surface area contributed by atoms with E-state index < -0.39 is 12.5 Å². The summed E-state index contributed by atoms with van der Waals surface area (Å²) in [6.07, 6.45) is 0. The fraction of sp³-hybridized carbons (Fsp3) is 1.00. The minimum absolute atomic E-state index is 0.00259. The van der Waals surface area contributed by atoms with Crippen molar-refractivity contribution < 1.29 is 26.2 Å². The van der Waals surface area contributed by atoms with E-state index in [1.54, 1.807) is 0 Å². The van der Waals surface area contributed by atoms with Crippen LogP contribution in [-0.2, 0) is 26.2 Å². The van der Waals surface area contributed by atoms with Gasteiger partial charge in [0, 0.05) is 0 Å². The average molecular weight is 359 g/mol. The molecule has 4 heteroatoms. The second-order valence-electron chi connectivity index (χ2n) is 0.469. The summed E-state index contributed by atoms with van der Waals surface area (Å²) in [5.74, 6) is 0. The molecule has 31 valence electrons. The molecule has 0 N–H and O–H groups in total. The minimum atomic E-state index is -1.04. The van der Waals surface area contributed by atoms with Gasteiger partial charge in [-0.2, -0.15) is 0 Å². The SMILES string of the molecule is [CH3][W](=[S])[Mo]=[S]. The zero-order valence-electron chi connectivity index (χ0n) is 2.63. The zero-order chi connectivity index (χ0) is 4.28. The monoisotopic (exact) mass is 361 g/mol. The predicted octanol–water partition coefficient (Wildman–Crippen LogP) is 1.88. The van der Waals surface area contributed by atoms with E-state index in [-0.39, 0.29) is 13.7 Å². The summed E-state index contributed by atoms with van der Waals surface area (Å²) in [5.41, 5.74) is 0. The van der Waals surface area contributed by atoms with E-state index in [2.05, 4.69) is 5.31 Å². The van der Waals surface area contributed by atoms with Crippen LogP contribution in [0.1, 0.15) is 0 Å². The van der Waals surface area contributed by atoms with Crippen molar-refractivity contribution in [3.05, 3.63) is 0 Å². The van der Waals surface area contributed by atoms with Gasteiger partial charge in [-0.05, 0) is 0 Å². The summed E-state index contributed by atoms with van der Waals surface area (Å²) < 4.78 is 0. The van der Waals surface area contributed by atoms with Crippen molar-refractivity contribution in [2.45, 2.75) is 5.31 Å². The Labute approximate surface area is 50.6 Å². The maximum atomic E-state index is 4.93. The summed E-state index contributed by atoms with van der Waals surface area (Å²) in [7, 11) is 9.72. The predicted molar refractivity (Wildman–Crippen MR) is 21.0 cm³/mol. The molecule has 0 aromatic heterocycles. The Morgan fingerprint density at radius 2 is 2.00 bits per heavy atom. The van der Waals surface area contributed by atoms with E-state index in [0.717, 1.165) is 0 Å². The van der Waals surface area contributed by atoms with E-state index in [4.69, 9.17) is 19.6 Å². The topological polar surface area (TPSA) is 0 Å². The molecule has 0 aromatic rings. The quantitative estimate of drug-likeness (QED) is 0.656. The first kappa shape index (κ1) is 6.82. The van der Waals surface area contributed by atoms with Crippen molar-refractivity contribution >= 4 is 19.6 Å². The van der Waals surface area contributed by atoms with Gasteiger partial charge in [0.2, 0.25) is 0 Å². The molecular weight excluding hydrogens is 356 g/mol. The normalized spacial score (nSPS) is 8.40. The molecule has 0 amide bonds. The molecule has 0 rings (SSSR count). The van der Waals surface area contributed by atoms with Crippen molar-refractivity contribution in [3.8, 4) is 0 Å². The third-order valence-electron chi connectivity index (χ3n) is 0.0958. The second kappa shape index (κ2) is 3.99. The molecular formula is CH3MoS2W. The molecule has 0 saturated carbocycles. The Morgan fingerprint density at radius 3 is 2.00 bits per heavy atom. The molecule has 0 aromatic carbocycles. The molecule has 0 unspecified atom stereocenters. The molecule has 0 atom stereocenters. The summed E-state index contributed by atoms with van der Waals surface area (Å²) in [6.45, 7) is 0. The van der Waals surface area contributed by atoms with E-state index in [9.17, 15) is 0 Å². The molecule has 0 bridgehead atoms. The average Bonchev–Trinajstić information content (AvgIpc) is 1.38. The van der Waals surface area contributed by atoms with Gasteiger partial charge < -0.3 is 0 Å². The van der Waals surface area contributed by atoms with E-state index in [0.29, 0.717) is 0 Å². The molecule has 0 saturated heterocycles. The molecule has 0 heterocycles. The van der Waals surface area contributed by atoms with Crippen LogP contribution in [0.25, 0.3) is 0 Å². The summed E-state index contributed by atoms with van der Waals surface area (Å²) in [5, 5.41) is 2.19. The molecule has 0 fully saturated rings. The van der Waals surface area contributed by atoms with Gasteiger partial charge in [0.05, 0.1) is 0 Å².